The molecular weight excluding hydrogens is 202 g/mol. The number of ether oxygens (including phenoxy) is 1. The second kappa shape index (κ2) is 4.84. The quantitative estimate of drug-likeness (QED) is 0.615. The maximum Gasteiger partial charge on any atom is 0.261 e. The Morgan fingerprint density at radius 2 is 2.38 bits per heavy atom. The van der Waals surface area contributed by atoms with Crippen molar-refractivity contribution in [2.75, 3.05) is 6.54 Å². The highest BCUT2D eigenvalue weighted by atomic mass is 16.5. The number of benzene rings is 1. The Morgan fingerprint density at radius 1 is 1.56 bits per heavy atom. The molecule has 1 N–H and O–H groups in total. The number of fused-ring (bicyclic) bond motifs is 1. The minimum Gasteiger partial charge on any atom is -0.480 e. The lowest BCUT2D eigenvalue weighted by Gasteiger charge is -2.10. The molecule has 1 atom stereocenters. The van der Waals surface area contributed by atoms with Crippen LogP contribution in [0.15, 0.2) is 36.9 Å². The summed E-state index contributed by atoms with van der Waals surface area (Å²) in [5, 5.41) is 2.83. The van der Waals surface area contributed by atoms with E-state index in [-0.39, 0.29) is 12.0 Å². The molecule has 1 aromatic carbocycles. The molecule has 0 radical (unpaired) electrons. The first kappa shape index (κ1) is 10.7. The van der Waals surface area contributed by atoms with Gasteiger partial charge in [0.25, 0.3) is 5.91 Å². The van der Waals surface area contributed by atoms with Gasteiger partial charge in [0.2, 0.25) is 0 Å². The fourth-order valence-corrected chi connectivity index (χ4v) is 1.74. The average molecular weight is 217 g/mol. The van der Waals surface area contributed by atoms with Gasteiger partial charge in [0, 0.05) is 13.0 Å². The third-order valence-electron chi connectivity index (χ3n) is 2.59. The van der Waals surface area contributed by atoms with Gasteiger partial charge in [-0.25, -0.2) is 0 Å². The van der Waals surface area contributed by atoms with Crippen LogP contribution in [0.2, 0.25) is 0 Å². The predicted molar refractivity (Wildman–Crippen MR) is 62.4 cm³/mol. The van der Waals surface area contributed by atoms with Crippen molar-refractivity contribution in [1.29, 1.82) is 0 Å². The van der Waals surface area contributed by atoms with Crippen LogP contribution in [0, 0.1) is 0 Å². The first-order chi connectivity index (χ1) is 7.81. The summed E-state index contributed by atoms with van der Waals surface area (Å²) in [4.78, 5) is 11.7. The maximum atomic E-state index is 11.7. The molecule has 84 valence electrons. The van der Waals surface area contributed by atoms with Crippen LogP contribution in [0.4, 0.5) is 0 Å². The number of hydrogen-bond acceptors (Lipinski definition) is 2. The summed E-state index contributed by atoms with van der Waals surface area (Å²) < 4.78 is 5.56. The van der Waals surface area contributed by atoms with Gasteiger partial charge in [-0.1, -0.05) is 24.3 Å². The highest BCUT2D eigenvalue weighted by Gasteiger charge is 2.28. The molecule has 0 saturated heterocycles. The smallest absolute Gasteiger partial charge is 0.261 e. The van der Waals surface area contributed by atoms with Crippen LogP contribution >= 0.6 is 0 Å². The number of nitrogens with one attached hydrogen (secondary N) is 1. The zero-order chi connectivity index (χ0) is 11.4. The van der Waals surface area contributed by atoms with E-state index in [9.17, 15) is 4.79 Å². The Morgan fingerprint density at radius 3 is 3.12 bits per heavy atom. The summed E-state index contributed by atoms with van der Waals surface area (Å²) >= 11 is 0. The van der Waals surface area contributed by atoms with Gasteiger partial charge in [-0.15, -0.1) is 6.58 Å². The number of carbonyl (C=O) groups excluding carboxylic acids is 1. The van der Waals surface area contributed by atoms with Gasteiger partial charge in [0.1, 0.15) is 5.75 Å². The fraction of sp³-hybridized carbons (Fsp3) is 0.308. The third kappa shape index (κ3) is 2.24. The lowest BCUT2D eigenvalue weighted by atomic mass is 10.1. The zero-order valence-corrected chi connectivity index (χ0v) is 9.11. The van der Waals surface area contributed by atoms with E-state index in [1.807, 2.05) is 24.3 Å². The van der Waals surface area contributed by atoms with E-state index in [4.69, 9.17) is 4.74 Å². The molecule has 1 unspecified atom stereocenters. The maximum absolute atomic E-state index is 11.7. The van der Waals surface area contributed by atoms with E-state index in [2.05, 4.69) is 11.9 Å². The molecule has 3 heteroatoms. The molecule has 1 amide bonds. The van der Waals surface area contributed by atoms with Crippen molar-refractivity contribution in [2.24, 2.45) is 0 Å². The van der Waals surface area contributed by atoms with Gasteiger partial charge in [-0.05, 0) is 18.1 Å². The van der Waals surface area contributed by atoms with Crippen molar-refractivity contribution >= 4 is 5.91 Å². The molecule has 1 aliphatic rings. The first-order valence-electron chi connectivity index (χ1n) is 5.44. The number of rotatable bonds is 4. The normalized spacial score (nSPS) is 17.4. The Labute approximate surface area is 95.1 Å². The van der Waals surface area contributed by atoms with E-state index in [0.29, 0.717) is 13.0 Å². The van der Waals surface area contributed by atoms with Crippen LogP contribution < -0.4 is 10.1 Å². The van der Waals surface area contributed by atoms with E-state index in [1.165, 1.54) is 0 Å². The summed E-state index contributed by atoms with van der Waals surface area (Å²) in [7, 11) is 0. The predicted octanol–water partition coefficient (Wildman–Crippen LogP) is 1.68. The van der Waals surface area contributed by atoms with Crippen molar-refractivity contribution in [3.05, 3.63) is 42.5 Å². The van der Waals surface area contributed by atoms with E-state index < -0.39 is 0 Å². The van der Waals surface area contributed by atoms with Crippen LogP contribution in [0.3, 0.4) is 0 Å². The molecule has 1 heterocycles. The van der Waals surface area contributed by atoms with Gasteiger partial charge in [0.05, 0.1) is 0 Å². The average Bonchev–Trinajstić information content (AvgIpc) is 2.73. The van der Waals surface area contributed by atoms with Crippen LogP contribution in [0.25, 0.3) is 0 Å². The van der Waals surface area contributed by atoms with Crippen LogP contribution in [0.5, 0.6) is 5.75 Å². The number of amides is 1. The van der Waals surface area contributed by atoms with Crippen molar-refractivity contribution in [2.45, 2.75) is 18.9 Å². The Hall–Kier alpha value is -1.77. The molecule has 0 aliphatic carbocycles. The molecule has 0 aromatic heterocycles. The Kier molecular flexibility index (Phi) is 3.25. The Balaban J connectivity index is 1.90. The molecule has 1 aromatic rings. The van der Waals surface area contributed by atoms with Crippen molar-refractivity contribution in [1.82, 2.24) is 5.32 Å². The number of para-hydroxylation sites is 1. The minimum atomic E-state index is -0.373. The molecular formula is C13H15NO2. The summed E-state index contributed by atoms with van der Waals surface area (Å²) in [5.41, 5.74) is 1.10. The highest BCUT2D eigenvalue weighted by molar-refractivity contribution is 5.82. The lowest BCUT2D eigenvalue weighted by Crippen LogP contribution is -2.37. The molecule has 0 spiro atoms. The van der Waals surface area contributed by atoms with E-state index >= 15 is 0 Å². The molecule has 0 bridgehead atoms. The van der Waals surface area contributed by atoms with Gasteiger partial charge in [-0.2, -0.15) is 0 Å². The summed E-state index contributed by atoms with van der Waals surface area (Å²) in [5.74, 6) is 0.782. The number of carbonyl (C=O) groups is 1. The summed E-state index contributed by atoms with van der Waals surface area (Å²) in [6, 6.07) is 7.76. The van der Waals surface area contributed by atoms with E-state index in [0.717, 1.165) is 17.7 Å². The molecule has 0 fully saturated rings. The van der Waals surface area contributed by atoms with Gasteiger partial charge < -0.3 is 10.1 Å². The van der Waals surface area contributed by atoms with Gasteiger partial charge >= 0.3 is 0 Å². The molecule has 1 aliphatic heterocycles. The van der Waals surface area contributed by atoms with Crippen LogP contribution in [-0.2, 0) is 11.2 Å². The second-order valence-corrected chi connectivity index (χ2v) is 3.79. The molecule has 2 rings (SSSR count). The van der Waals surface area contributed by atoms with Gasteiger partial charge in [-0.3, -0.25) is 4.79 Å². The highest BCUT2D eigenvalue weighted by Crippen LogP contribution is 2.27. The monoisotopic (exact) mass is 217 g/mol. The molecule has 16 heavy (non-hydrogen) atoms. The van der Waals surface area contributed by atoms with Crippen molar-refractivity contribution in [3.63, 3.8) is 0 Å². The zero-order valence-electron chi connectivity index (χ0n) is 9.11. The fourth-order valence-electron chi connectivity index (χ4n) is 1.74. The van der Waals surface area contributed by atoms with Crippen LogP contribution in [0.1, 0.15) is 12.0 Å². The van der Waals surface area contributed by atoms with Crippen molar-refractivity contribution in [3.8, 4) is 5.75 Å². The second-order valence-electron chi connectivity index (χ2n) is 3.79. The first-order valence-corrected chi connectivity index (χ1v) is 5.44. The number of hydrogen-bond donors (Lipinski definition) is 1. The largest absolute Gasteiger partial charge is 0.480 e. The topological polar surface area (TPSA) is 38.3 Å². The SMILES string of the molecule is C=CCCNC(=O)C1Cc2ccccc2O1. The molecule has 0 saturated carbocycles. The van der Waals surface area contributed by atoms with Crippen molar-refractivity contribution < 1.29 is 9.53 Å². The minimum absolute atomic E-state index is 0.0435. The van der Waals surface area contributed by atoms with Crippen LogP contribution in [-0.4, -0.2) is 18.6 Å². The third-order valence-corrected chi connectivity index (χ3v) is 2.59. The molecule has 3 nitrogen and oxygen atoms in total. The lowest BCUT2D eigenvalue weighted by molar-refractivity contribution is -0.127. The van der Waals surface area contributed by atoms with Gasteiger partial charge in [0.15, 0.2) is 6.10 Å². The van der Waals surface area contributed by atoms with E-state index in [1.54, 1.807) is 6.08 Å². The summed E-state index contributed by atoms with van der Waals surface area (Å²) in [6.45, 7) is 4.23. The Bertz CT molecular complexity index is 376. The summed E-state index contributed by atoms with van der Waals surface area (Å²) in [6.07, 6.45) is 2.86. The standard InChI is InChI=1S/C13H15NO2/c1-2-3-8-14-13(15)12-9-10-6-4-5-7-11(10)16-12/h2,4-7,12H,1,3,8-9H2,(H,14,15).